The molecule has 0 fully saturated rings. The van der Waals surface area contributed by atoms with Gasteiger partial charge in [-0.3, -0.25) is 0 Å². The number of hydrogen-bond acceptors (Lipinski definition) is 4. The Morgan fingerprint density at radius 2 is 1.21 bits per heavy atom. The molecule has 0 aromatic rings. The van der Waals surface area contributed by atoms with Crippen molar-refractivity contribution in [2.45, 2.75) is 26.7 Å². The molecule has 0 spiro atoms. The first-order chi connectivity index (χ1) is 6.51. The molecule has 0 aromatic carbocycles. The van der Waals surface area contributed by atoms with E-state index in [9.17, 15) is 9.59 Å². The maximum absolute atomic E-state index is 11.0. The van der Waals surface area contributed by atoms with Gasteiger partial charge in [-0.15, -0.1) is 0 Å². The van der Waals surface area contributed by atoms with Gasteiger partial charge in [0.05, 0.1) is 0 Å². The van der Waals surface area contributed by atoms with Gasteiger partial charge in [0, 0.05) is 12.8 Å². The molecule has 14 heavy (non-hydrogen) atoms. The lowest BCUT2D eigenvalue weighted by Gasteiger charge is -2.05. The maximum Gasteiger partial charge on any atom is 0.422 e. The van der Waals surface area contributed by atoms with Crippen molar-refractivity contribution in [3.8, 4) is 0 Å². The van der Waals surface area contributed by atoms with Crippen LogP contribution in [0.1, 0.15) is 26.7 Å². The van der Waals surface area contributed by atoms with Crippen LogP contribution >= 0.6 is 0 Å². The van der Waals surface area contributed by atoms with E-state index in [-0.39, 0.29) is 11.5 Å². The van der Waals surface area contributed by atoms with Crippen LogP contribution in [-0.4, -0.2) is 11.9 Å². The third-order valence-corrected chi connectivity index (χ3v) is 1.43. The molecule has 0 unspecified atom stereocenters. The molecule has 4 nitrogen and oxygen atoms in total. The van der Waals surface area contributed by atoms with E-state index in [1.54, 1.807) is 13.8 Å². The normalized spacial score (nSPS) is 9.00. The van der Waals surface area contributed by atoms with E-state index < -0.39 is 11.9 Å². The first kappa shape index (κ1) is 12.4. The van der Waals surface area contributed by atoms with Crippen LogP contribution in [0.2, 0.25) is 0 Å². The van der Waals surface area contributed by atoms with Crippen LogP contribution < -0.4 is 0 Å². The lowest BCUT2D eigenvalue weighted by Crippen LogP contribution is -2.19. The third kappa shape index (κ3) is 4.45. The van der Waals surface area contributed by atoms with Gasteiger partial charge in [-0.2, -0.15) is 0 Å². The molecule has 0 aliphatic heterocycles. The molecular weight excluding hydrogens is 184 g/mol. The average molecular weight is 198 g/mol. The average Bonchev–Trinajstić information content (AvgIpc) is 2.17. The summed E-state index contributed by atoms with van der Waals surface area (Å²) in [5, 5.41) is 0. The molecule has 0 saturated carbocycles. The Kier molecular flexibility index (Phi) is 5.29. The number of rotatable bonds is 4. The summed E-state index contributed by atoms with van der Waals surface area (Å²) >= 11 is 0. The lowest BCUT2D eigenvalue weighted by atomic mass is 10.4. The zero-order valence-electron chi connectivity index (χ0n) is 8.46. The minimum atomic E-state index is -1.06. The Hall–Kier alpha value is -1.58. The Morgan fingerprint density at radius 1 is 0.929 bits per heavy atom. The van der Waals surface area contributed by atoms with Crippen molar-refractivity contribution >= 4 is 11.9 Å². The van der Waals surface area contributed by atoms with Crippen LogP contribution in [0.15, 0.2) is 24.7 Å². The lowest BCUT2D eigenvalue weighted by molar-refractivity contribution is -0.162. The van der Waals surface area contributed by atoms with Crippen molar-refractivity contribution in [3.63, 3.8) is 0 Å². The van der Waals surface area contributed by atoms with Crippen LogP contribution in [0.25, 0.3) is 0 Å². The van der Waals surface area contributed by atoms with Gasteiger partial charge in [0.2, 0.25) is 0 Å². The second kappa shape index (κ2) is 5.96. The van der Waals surface area contributed by atoms with Crippen molar-refractivity contribution in [3.05, 3.63) is 24.7 Å². The minimum absolute atomic E-state index is 0.231. The van der Waals surface area contributed by atoms with Gasteiger partial charge in [0.1, 0.15) is 11.5 Å². The fraction of sp³-hybridized carbons (Fsp3) is 0.400. The quantitative estimate of drug-likeness (QED) is 0.393. The molecule has 0 aliphatic rings. The summed E-state index contributed by atoms with van der Waals surface area (Å²) < 4.78 is 9.12. The number of hydrogen-bond donors (Lipinski definition) is 0. The number of esters is 2. The molecule has 78 valence electrons. The molecule has 0 N–H and O–H groups in total. The number of ether oxygens (including phenoxy) is 2. The molecule has 0 aliphatic carbocycles. The van der Waals surface area contributed by atoms with E-state index in [1.165, 1.54) is 0 Å². The first-order valence-corrected chi connectivity index (χ1v) is 4.30. The van der Waals surface area contributed by atoms with Crippen LogP contribution in [-0.2, 0) is 19.1 Å². The number of carbonyl (C=O) groups is 2. The third-order valence-electron chi connectivity index (χ3n) is 1.43. The standard InChI is InChI=1S/C10H14O4/c1-5-7(3)13-9(11)10(12)14-8(4)6-2/h3-6H2,1-2H3. The maximum atomic E-state index is 11.0. The second-order valence-electron chi connectivity index (χ2n) is 2.56. The fourth-order valence-electron chi connectivity index (χ4n) is 0.490. The summed E-state index contributed by atoms with van der Waals surface area (Å²) in [6, 6.07) is 0. The van der Waals surface area contributed by atoms with Gasteiger partial charge < -0.3 is 9.47 Å². The predicted octanol–water partition coefficient (Wildman–Crippen LogP) is 1.92. The summed E-state index contributed by atoms with van der Waals surface area (Å²) in [5.74, 6) is -1.67. The highest BCUT2D eigenvalue weighted by Gasteiger charge is 2.19. The van der Waals surface area contributed by atoms with E-state index in [0.29, 0.717) is 12.8 Å². The topological polar surface area (TPSA) is 52.6 Å². The Balaban J connectivity index is 4.07. The van der Waals surface area contributed by atoms with E-state index in [4.69, 9.17) is 0 Å². The van der Waals surface area contributed by atoms with Crippen LogP contribution in [0, 0.1) is 0 Å². The zero-order chi connectivity index (χ0) is 11.1. The van der Waals surface area contributed by atoms with Gasteiger partial charge in [-0.25, -0.2) is 9.59 Å². The van der Waals surface area contributed by atoms with Gasteiger partial charge in [-0.05, 0) is 0 Å². The predicted molar refractivity (Wildman–Crippen MR) is 51.0 cm³/mol. The van der Waals surface area contributed by atoms with Crippen LogP contribution in [0.4, 0.5) is 0 Å². The molecule has 0 heterocycles. The summed E-state index contributed by atoms with van der Waals surface area (Å²) in [6.07, 6.45) is 0.932. The molecule has 0 bridgehead atoms. The highest BCUT2D eigenvalue weighted by molar-refractivity contribution is 6.30. The van der Waals surface area contributed by atoms with Crippen LogP contribution in [0.3, 0.4) is 0 Å². The molecule has 0 amide bonds. The van der Waals surface area contributed by atoms with Gasteiger partial charge in [0.15, 0.2) is 0 Å². The summed E-state index contributed by atoms with van der Waals surface area (Å²) in [6.45, 7) is 10.4. The fourth-order valence-corrected chi connectivity index (χ4v) is 0.490. The van der Waals surface area contributed by atoms with Crippen molar-refractivity contribution in [2.75, 3.05) is 0 Å². The Bertz CT molecular complexity index is 237. The second-order valence-corrected chi connectivity index (χ2v) is 2.56. The monoisotopic (exact) mass is 198 g/mol. The Morgan fingerprint density at radius 3 is 1.43 bits per heavy atom. The summed E-state index contributed by atoms with van der Waals surface area (Å²) in [5.41, 5.74) is 0. The van der Waals surface area contributed by atoms with E-state index in [2.05, 4.69) is 22.6 Å². The SMILES string of the molecule is C=C(CC)OC(=O)C(=O)OC(=C)CC. The van der Waals surface area contributed by atoms with Crippen molar-refractivity contribution in [1.29, 1.82) is 0 Å². The van der Waals surface area contributed by atoms with Gasteiger partial charge in [0.25, 0.3) is 0 Å². The summed E-state index contributed by atoms with van der Waals surface area (Å²) in [7, 11) is 0. The first-order valence-electron chi connectivity index (χ1n) is 4.30. The van der Waals surface area contributed by atoms with Gasteiger partial charge >= 0.3 is 11.9 Å². The number of carbonyl (C=O) groups excluding carboxylic acids is 2. The van der Waals surface area contributed by atoms with Crippen LogP contribution in [0.5, 0.6) is 0 Å². The number of allylic oxidation sites excluding steroid dienone is 2. The molecule has 0 atom stereocenters. The zero-order valence-corrected chi connectivity index (χ0v) is 8.46. The molecule has 0 radical (unpaired) electrons. The highest BCUT2D eigenvalue weighted by Crippen LogP contribution is 2.03. The van der Waals surface area contributed by atoms with Crippen molar-refractivity contribution in [1.82, 2.24) is 0 Å². The van der Waals surface area contributed by atoms with Crippen molar-refractivity contribution in [2.24, 2.45) is 0 Å². The smallest absolute Gasteiger partial charge is 0.422 e. The van der Waals surface area contributed by atoms with E-state index in [0.717, 1.165) is 0 Å². The highest BCUT2D eigenvalue weighted by atomic mass is 16.6. The summed E-state index contributed by atoms with van der Waals surface area (Å²) in [4.78, 5) is 21.9. The minimum Gasteiger partial charge on any atom is -0.423 e. The largest absolute Gasteiger partial charge is 0.423 e. The molecule has 0 aromatic heterocycles. The van der Waals surface area contributed by atoms with Crippen molar-refractivity contribution < 1.29 is 19.1 Å². The molecule has 4 heteroatoms. The molecule has 0 saturated heterocycles. The Labute approximate surface area is 83.2 Å². The van der Waals surface area contributed by atoms with Gasteiger partial charge in [-0.1, -0.05) is 27.0 Å². The molecule has 0 rings (SSSR count). The van der Waals surface area contributed by atoms with E-state index >= 15 is 0 Å². The molecular formula is C10H14O4. The van der Waals surface area contributed by atoms with E-state index in [1.807, 2.05) is 0 Å².